The van der Waals surface area contributed by atoms with Crippen LogP contribution in [0, 0.1) is 31.1 Å². The number of aromatic nitrogens is 6. The maximum atomic E-state index is 10.3. The Morgan fingerprint density at radius 2 is 1.21 bits per heavy atom. The third-order valence-electron chi connectivity index (χ3n) is 3.16. The number of carboxylic acid groups (broad SMARTS) is 3. The van der Waals surface area contributed by atoms with E-state index in [0.717, 1.165) is 17.8 Å². The van der Waals surface area contributed by atoms with Gasteiger partial charge >= 0.3 is 17.9 Å². The van der Waals surface area contributed by atoms with Crippen molar-refractivity contribution >= 4 is 30.1 Å². The average molecular weight is 822 g/mol. The molecule has 14 N–H and O–H groups in total. The Bertz CT molecular complexity index is 934. The van der Waals surface area contributed by atoms with E-state index in [9.17, 15) is 14.4 Å². The quantitative estimate of drug-likeness (QED) is 0.0715. The molecule has 217 valence electrons. The Morgan fingerprint density at radius 3 is 1.46 bits per heavy atom. The monoisotopic (exact) mass is 822 g/mol. The molecule has 0 bridgehead atoms. The molecular formula is C18H27N7O12UV-2. The summed E-state index contributed by atoms with van der Waals surface area (Å²) in [5, 5.41) is 49.8. The SMILES string of the molecule is NC(Cc1cnc[nH]1)C(=O)O.O.O=C(O)/C=C/c1cnc[nH]1.O=C(O)/C=C\c1cnc[nH]1.OO.[O-]O.[OH-].[U].[V]. The van der Waals surface area contributed by atoms with Crippen LogP contribution in [0.4, 0.5) is 0 Å². The zero-order valence-electron chi connectivity index (χ0n) is 19.7. The number of H-pyrrole nitrogens is 3. The van der Waals surface area contributed by atoms with Gasteiger partial charge < -0.3 is 57.5 Å². The molecule has 0 fully saturated rings. The van der Waals surface area contributed by atoms with Gasteiger partial charge in [-0.1, -0.05) is 0 Å². The van der Waals surface area contributed by atoms with E-state index in [1.54, 1.807) is 18.6 Å². The number of nitrogens with one attached hydrogen (secondary N) is 3. The van der Waals surface area contributed by atoms with Gasteiger partial charge in [0.2, 0.25) is 0 Å². The van der Waals surface area contributed by atoms with Crippen LogP contribution in [-0.4, -0.2) is 95.9 Å². The molecule has 0 saturated carbocycles. The predicted octanol–water partition coefficient (Wildman–Crippen LogP) is -1.79. The Kier molecular flexibility index (Phi) is 41.2. The van der Waals surface area contributed by atoms with Gasteiger partial charge in [0.05, 0.1) is 42.8 Å². The molecule has 1 unspecified atom stereocenters. The molecule has 21 heteroatoms. The fourth-order valence-corrected chi connectivity index (χ4v) is 1.76. The minimum Gasteiger partial charge on any atom is -0.870 e. The van der Waals surface area contributed by atoms with Crippen molar-refractivity contribution in [2.75, 3.05) is 0 Å². The molecule has 3 heterocycles. The van der Waals surface area contributed by atoms with Crippen LogP contribution in [0.5, 0.6) is 0 Å². The van der Waals surface area contributed by atoms with Crippen molar-refractivity contribution in [3.8, 4) is 0 Å². The third kappa shape index (κ3) is 29.3. The van der Waals surface area contributed by atoms with Crippen molar-refractivity contribution in [2.45, 2.75) is 12.5 Å². The molecule has 1 radical (unpaired) electrons. The summed E-state index contributed by atoms with van der Waals surface area (Å²) in [6, 6.07) is -0.851. The van der Waals surface area contributed by atoms with Gasteiger partial charge in [0, 0.05) is 80.1 Å². The molecule has 3 rings (SSSR count). The summed E-state index contributed by atoms with van der Waals surface area (Å²) in [5.74, 6) is -2.93. The number of imidazole rings is 3. The maximum Gasteiger partial charge on any atom is 0.328 e. The van der Waals surface area contributed by atoms with E-state index in [1.807, 2.05) is 0 Å². The third-order valence-corrected chi connectivity index (χ3v) is 3.16. The minimum absolute atomic E-state index is 0. The zero-order chi connectivity index (χ0) is 27.1. The van der Waals surface area contributed by atoms with Gasteiger partial charge in [-0.25, -0.2) is 24.5 Å². The summed E-state index contributed by atoms with van der Waals surface area (Å²) < 4.78 is 0. The average Bonchev–Trinajstić information content (AvgIpc) is 3.64. The van der Waals surface area contributed by atoms with Crippen molar-refractivity contribution < 1.29 is 111 Å². The van der Waals surface area contributed by atoms with Gasteiger partial charge in [-0.3, -0.25) is 15.3 Å². The fourth-order valence-electron chi connectivity index (χ4n) is 1.76. The van der Waals surface area contributed by atoms with Crippen LogP contribution in [0.2, 0.25) is 0 Å². The standard InChI is InChI=1S/C6H9N3O2.2C6H6N2O2.2H2O2.2H2O.U.V/c7-5(6(10)11)1-4-2-8-3-9-4;2*9-6(10)2-1-5-3-7-4-8-5;2*1-2;;;;/h2-3,5H,1,7H2,(H,8,9)(H,10,11);2*1-4H,(H,7,8)(H,9,10);2*1-2H;2*1H2;;/p-2/b;2-1+;2-1-;;;;;;. The normalized spacial score (nSPS) is 9.26. The van der Waals surface area contributed by atoms with Gasteiger partial charge in [-0.2, -0.15) is 0 Å². The molecule has 0 aromatic carbocycles. The largest absolute Gasteiger partial charge is 0.870 e. The van der Waals surface area contributed by atoms with E-state index in [2.05, 4.69) is 29.9 Å². The molecule has 0 aliphatic carbocycles. The number of carbonyl (C=O) groups is 3. The molecule has 0 saturated heterocycles. The molecule has 1 atom stereocenters. The summed E-state index contributed by atoms with van der Waals surface area (Å²) in [5.41, 5.74) is 7.36. The van der Waals surface area contributed by atoms with E-state index < -0.39 is 23.9 Å². The molecule has 0 amide bonds. The van der Waals surface area contributed by atoms with Crippen LogP contribution >= 0.6 is 0 Å². The summed E-state index contributed by atoms with van der Waals surface area (Å²) in [7, 11) is 0. The molecule has 39 heavy (non-hydrogen) atoms. The Balaban J connectivity index is -0.0000000938. The maximum absolute atomic E-state index is 10.3. The Morgan fingerprint density at radius 1 is 0.846 bits per heavy atom. The van der Waals surface area contributed by atoms with Gasteiger partial charge in [0.15, 0.2) is 0 Å². The van der Waals surface area contributed by atoms with Gasteiger partial charge in [-0.05, 0) is 12.2 Å². The summed E-state index contributed by atoms with van der Waals surface area (Å²) in [4.78, 5) is 49.6. The second kappa shape index (κ2) is 32.9. The fraction of sp³-hybridized carbons (Fsp3) is 0.111. The van der Waals surface area contributed by atoms with Crippen molar-refractivity contribution in [1.82, 2.24) is 29.9 Å². The zero-order valence-corrected chi connectivity index (χ0v) is 25.2. The molecule has 3 aromatic rings. The van der Waals surface area contributed by atoms with Crippen molar-refractivity contribution in [1.29, 1.82) is 0 Å². The minimum atomic E-state index is -1.00. The van der Waals surface area contributed by atoms with Crippen molar-refractivity contribution in [3.63, 3.8) is 0 Å². The van der Waals surface area contributed by atoms with Crippen LogP contribution in [0.15, 0.2) is 49.7 Å². The van der Waals surface area contributed by atoms with E-state index in [4.69, 9.17) is 42.1 Å². The van der Waals surface area contributed by atoms with E-state index >= 15 is 0 Å². The smallest absolute Gasteiger partial charge is 0.328 e. The van der Waals surface area contributed by atoms with E-state index in [0.29, 0.717) is 11.4 Å². The molecule has 19 nitrogen and oxygen atoms in total. The number of hydrogen-bond acceptors (Lipinski definition) is 12. The Hall–Kier alpha value is -3.12. The first kappa shape index (κ1) is 48.9. The number of nitrogens with zero attached hydrogens (tertiary/aromatic N) is 3. The number of hydrogen-bond donors (Lipinski definition) is 10. The predicted molar refractivity (Wildman–Crippen MR) is 122 cm³/mol. The first-order valence-electron chi connectivity index (χ1n) is 8.90. The number of rotatable bonds is 7. The molecular weight excluding hydrogens is 795 g/mol. The van der Waals surface area contributed by atoms with Gasteiger partial charge in [0.25, 0.3) is 0 Å². The summed E-state index contributed by atoms with van der Waals surface area (Å²) in [6.45, 7) is 0. The van der Waals surface area contributed by atoms with Gasteiger partial charge in [-0.15, -0.1) is 0 Å². The summed E-state index contributed by atoms with van der Waals surface area (Å²) in [6.07, 6.45) is 14.4. The van der Waals surface area contributed by atoms with Crippen molar-refractivity contribution in [3.05, 3.63) is 66.8 Å². The summed E-state index contributed by atoms with van der Waals surface area (Å²) >= 11 is 0. The molecule has 0 aliphatic rings. The Labute approximate surface area is 255 Å². The first-order valence-corrected chi connectivity index (χ1v) is 8.90. The van der Waals surface area contributed by atoms with Crippen LogP contribution in [0.25, 0.3) is 12.2 Å². The van der Waals surface area contributed by atoms with Crippen LogP contribution in [0.3, 0.4) is 0 Å². The van der Waals surface area contributed by atoms with Crippen LogP contribution < -0.4 is 11.0 Å². The second-order valence-electron chi connectivity index (χ2n) is 5.58. The van der Waals surface area contributed by atoms with Crippen LogP contribution in [0.1, 0.15) is 17.1 Å². The number of aromatic amines is 3. The number of aliphatic carboxylic acids is 3. The van der Waals surface area contributed by atoms with Crippen molar-refractivity contribution in [2.24, 2.45) is 5.73 Å². The molecule has 0 aliphatic heterocycles. The van der Waals surface area contributed by atoms with E-state index in [-0.39, 0.29) is 67.0 Å². The van der Waals surface area contributed by atoms with Gasteiger partial charge in [0.1, 0.15) is 6.04 Å². The van der Waals surface area contributed by atoms with E-state index in [1.165, 1.54) is 31.1 Å². The number of nitrogens with two attached hydrogens (primary N) is 1. The first-order chi connectivity index (χ1) is 16.8. The molecule has 0 spiro atoms. The second-order valence-corrected chi connectivity index (χ2v) is 5.58. The number of carboxylic acids is 3. The molecule has 3 aromatic heterocycles. The topological polar surface area (TPSA) is 369 Å². The van der Waals surface area contributed by atoms with Crippen LogP contribution in [-0.2, 0) is 39.4 Å².